The second kappa shape index (κ2) is 9.30. The molecule has 0 radical (unpaired) electrons. The number of carbonyl (C=O) groups excluding carboxylic acids is 1. The molecule has 2 aliphatic carbocycles. The zero-order chi connectivity index (χ0) is 19.3. The molecule has 1 N–H and O–H groups in total. The van der Waals surface area contributed by atoms with Gasteiger partial charge >= 0.3 is 5.97 Å². The van der Waals surface area contributed by atoms with Crippen molar-refractivity contribution in [2.45, 2.75) is 76.2 Å². The van der Waals surface area contributed by atoms with Crippen LogP contribution in [0.5, 0.6) is 5.75 Å². The predicted molar refractivity (Wildman–Crippen MR) is 110 cm³/mol. The summed E-state index contributed by atoms with van der Waals surface area (Å²) < 4.78 is 5.58. The molecule has 0 aromatic heterocycles. The van der Waals surface area contributed by atoms with Crippen LogP contribution in [0.4, 0.5) is 0 Å². The molecule has 0 amide bonds. The maximum absolute atomic E-state index is 12.4. The van der Waals surface area contributed by atoms with E-state index in [-0.39, 0.29) is 11.9 Å². The van der Waals surface area contributed by atoms with Crippen LogP contribution in [0.3, 0.4) is 0 Å². The predicted octanol–water partition coefficient (Wildman–Crippen LogP) is 4.86. The maximum atomic E-state index is 12.4. The van der Waals surface area contributed by atoms with Crippen molar-refractivity contribution in [3.63, 3.8) is 0 Å². The standard InChI is InChI=1S/C24H35NO3/c26-23-9-7-19(8-10-23)21-5-2-6-22(17-21)25-14-11-20(12-15-25)24(27)28-16-13-18-3-1-4-18/h7-10,18,20-22,26H,1-6,11-17H2. The molecule has 1 saturated heterocycles. The largest absolute Gasteiger partial charge is 0.508 e. The lowest BCUT2D eigenvalue weighted by atomic mass is 9.80. The van der Waals surface area contributed by atoms with Crippen LogP contribution in [0, 0.1) is 11.8 Å². The number of esters is 1. The van der Waals surface area contributed by atoms with Crippen LogP contribution >= 0.6 is 0 Å². The summed E-state index contributed by atoms with van der Waals surface area (Å²) in [4.78, 5) is 15.0. The third-order valence-corrected chi connectivity index (χ3v) is 7.39. The molecule has 4 nitrogen and oxygen atoms in total. The summed E-state index contributed by atoms with van der Waals surface area (Å²) in [5.41, 5.74) is 1.35. The van der Waals surface area contributed by atoms with Crippen molar-refractivity contribution in [1.29, 1.82) is 0 Å². The first-order chi connectivity index (χ1) is 13.7. The van der Waals surface area contributed by atoms with E-state index in [0.29, 0.717) is 24.3 Å². The van der Waals surface area contributed by atoms with Gasteiger partial charge in [0.1, 0.15) is 5.75 Å². The number of likely N-dealkylation sites (tertiary alicyclic amines) is 1. The lowest BCUT2D eigenvalue weighted by molar-refractivity contribution is -0.151. The van der Waals surface area contributed by atoms with Crippen LogP contribution < -0.4 is 0 Å². The minimum atomic E-state index is 0.0459. The minimum absolute atomic E-state index is 0.0459. The molecule has 2 unspecified atom stereocenters. The van der Waals surface area contributed by atoms with Crippen LogP contribution in [0.2, 0.25) is 0 Å². The maximum Gasteiger partial charge on any atom is 0.309 e. The molecule has 4 heteroatoms. The van der Waals surface area contributed by atoms with Crippen molar-refractivity contribution in [2.24, 2.45) is 11.8 Å². The van der Waals surface area contributed by atoms with E-state index in [9.17, 15) is 9.90 Å². The summed E-state index contributed by atoms with van der Waals surface area (Å²) in [7, 11) is 0. The fourth-order valence-electron chi connectivity index (χ4n) is 5.27. The fourth-order valence-corrected chi connectivity index (χ4v) is 5.27. The van der Waals surface area contributed by atoms with Gasteiger partial charge in [0.2, 0.25) is 0 Å². The average molecular weight is 386 g/mol. The van der Waals surface area contributed by atoms with Crippen molar-refractivity contribution < 1.29 is 14.6 Å². The van der Waals surface area contributed by atoms with Crippen LogP contribution in [-0.4, -0.2) is 41.7 Å². The normalized spacial score (nSPS) is 27.3. The Kier molecular flexibility index (Phi) is 6.56. The van der Waals surface area contributed by atoms with Crippen molar-refractivity contribution >= 4 is 5.97 Å². The highest BCUT2D eigenvalue weighted by molar-refractivity contribution is 5.72. The molecular formula is C24H35NO3. The lowest BCUT2D eigenvalue weighted by Gasteiger charge is -2.41. The molecule has 3 aliphatic rings. The number of benzene rings is 1. The third kappa shape index (κ3) is 4.89. The van der Waals surface area contributed by atoms with Crippen LogP contribution in [-0.2, 0) is 9.53 Å². The highest BCUT2D eigenvalue weighted by Crippen LogP contribution is 2.37. The SMILES string of the molecule is O=C(OCCC1CCC1)C1CCN(C2CCCC(c3ccc(O)cc3)C2)CC1. The van der Waals surface area contributed by atoms with Gasteiger partial charge in [0.25, 0.3) is 0 Å². The van der Waals surface area contributed by atoms with Crippen molar-refractivity contribution in [2.75, 3.05) is 19.7 Å². The quantitative estimate of drug-likeness (QED) is 0.710. The lowest BCUT2D eigenvalue weighted by Crippen LogP contribution is -2.44. The average Bonchev–Trinajstić information content (AvgIpc) is 2.70. The molecule has 1 aromatic carbocycles. The zero-order valence-electron chi connectivity index (χ0n) is 17.0. The number of hydrogen-bond acceptors (Lipinski definition) is 4. The van der Waals surface area contributed by atoms with Gasteiger partial charge in [0.15, 0.2) is 0 Å². The van der Waals surface area contributed by atoms with Gasteiger partial charge in [-0.1, -0.05) is 37.8 Å². The number of hydrogen-bond donors (Lipinski definition) is 1. The van der Waals surface area contributed by atoms with Crippen molar-refractivity contribution in [3.8, 4) is 5.75 Å². The Balaban J connectivity index is 1.21. The van der Waals surface area contributed by atoms with Gasteiger partial charge in [-0.3, -0.25) is 4.79 Å². The van der Waals surface area contributed by atoms with Gasteiger partial charge in [-0.2, -0.15) is 0 Å². The van der Waals surface area contributed by atoms with E-state index in [1.807, 2.05) is 0 Å². The second-order valence-electron chi connectivity index (χ2n) is 9.17. The fraction of sp³-hybridized carbons (Fsp3) is 0.708. The summed E-state index contributed by atoms with van der Waals surface area (Å²) in [6.07, 6.45) is 11.9. The molecule has 1 aliphatic heterocycles. The first kappa shape index (κ1) is 19.8. The first-order valence-electron chi connectivity index (χ1n) is 11.4. The van der Waals surface area contributed by atoms with Gasteiger partial charge in [-0.15, -0.1) is 0 Å². The molecule has 2 saturated carbocycles. The number of piperidine rings is 1. The molecule has 1 heterocycles. The Bertz CT molecular complexity index is 632. The highest BCUT2D eigenvalue weighted by Gasteiger charge is 2.32. The smallest absolute Gasteiger partial charge is 0.309 e. The molecule has 2 atom stereocenters. The Hall–Kier alpha value is -1.55. The molecule has 28 heavy (non-hydrogen) atoms. The minimum Gasteiger partial charge on any atom is -0.508 e. The summed E-state index contributed by atoms with van der Waals surface area (Å²) in [6.45, 7) is 2.67. The van der Waals surface area contributed by atoms with Gasteiger partial charge in [-0.05, 0) is 81.1 Å². The molecule has 0 bridgehead atoms. The third-order valence-electron chi connectivity index (χ3n) is 7.39. The second-order valence-corrected chi connectivity index (χ2v) is 9.17. The van der Waals surface area contributed by atoms with E-state index < -0.39 is 0 Å². The summed E-state index contributed by atoms with van der Waals surface area (Å²) in [6, 6.07) is 8.40. The molecule has 0 spiro atoms. The van der Waals surface area contributed by atoms with E-state index in [0.717, 1.165) is 38.3 Å². The Morgan fingerprint density at radius 2 is 1.71 bits per heavy atom. The zero-order valence-corrected chi connectivity index (χ0v) is 17.0. The van der Waals surface area contributed by atoms with E-state index in [1.165, 1.54) is 50.5 Å². The molecule has 3 fully saturated rings. The number of carbonyl (C=O) groups is 1. The van der Waals surface area contributed by atoms with Crippen LogP contribution in [0.15, 0.2) is 24.3 Å². The number of ether oxygens (including phenoxy) is 1. The van der Waals surface area contributed by atoms with E-state index in [1.54, 1.807) is 12.1 Å². The highest BCUT2D eigenvalue weighted by atomic mass is 16.5. The number of phenolic OH excluding ortho intramolecular Hbond substituents is 1. The van der Waals surface area contributed by atoms with Gasteiger partial charge in [-0.25, -0.2) is 0 Å². The molecule has 154 valence electrons. The van der Waals surface area contributed by atoms with Crippen LogP contribution in [0.1, 0.15) is 75.7 Å². The van der Waals surface area contributed by atoms with Gasteiger partial charge < -0.3 is 14.7 Å². The molecular weight excluding hydrogens is 350 g/mol. The van der Waals surface area contributed by atoms with Gasteiger partial charge in [0.05, 0.1) is 12.5 Å². The Labute approximate surface area is 169 Å². The van der Waals surface area contributed by atoms with E-state index in [2.05, 4.69) is 17.0 Å². The van der Waals surface area contributed by atoms with Gasteiger partial charge in [0, 0.05) is 6.04 Å². The topological polar surface area (TPSA) is 49.8 Å². The first-order valence-corrected chi connectivity index (χ1v) is 11.4. The number of phenols is 1. The Morgan fingerprint density at radius 1 is 1.00 bits per heavy atom. The Morgan fingerprint density at radius 3 is 2.39 bits per heavy atom. The monoisotopic (exact) mass is 385 g/mol. The number of nitrogens with zero attached hydrogens (tertiary/aromatic N) is 1. The number of rotatable bonds is 6. The van der Waals surface area contributed by atoms with E-state index >= 15 is 0 Å². The summed E-state index contributed by atoms with van der Waals surface area (Å²) >= 11 is 0. The summed E-state index contributed by atoms with van der Waals surface area (Å²) in [5.74, 6) is 1.90. The van der Waals surface area contributed by atoms with Crippen molar-refractivity contribution in [1.82, 2.24) is 4.90 Å². The van der Waals surface area contributed by atoms with E-state index in [4.69, 9.17) is 4.74 Å². The molecule has 1 aromatic rings. The van der Waals surface area contributed by atoms with Crippen molar-refractivity contribution in [3.05, 3.63) is 29.8 Å². The van der Waals surface area contributed by atoms with Crippen LogP contribution in [0.25, 0.3) is 0 Å². The molecule has 4 rings (SSSR count). The number of aromatic hydroxyl groups is 1. The summed E-state index contributed by atoms with van der Waals surface area (Å²) in [5, 5.41) is 9.53.